The van der Waals surface area contributed by atoms with Gasteiger partial charge < -0.3 is 9.64 Å². The molecule has 2 unspecified atom stereocenters. The van der Waals surface area contributed by atoms with E-state index < -0.39 is 0 Å². The van der Waals surface area contributed by atoms with Crippen LogP contribution in [0.4, 0.5) is 0 Å². The van der Waals surface area contributed by atoms with Crippen LogP contribution in [0.2, 0.25) is 0 Å². The largest absolute Gasteiger partial charge is 0.375 e. The first kappa shape index (κ1) is 14.5. The molecule has 0 N–H and O–H groups in total. The summed E-state index contributed by atoms with van der Waals surface area (Å²) < 4.78 is 6.51. The van der Waals surface area contributed by atoms with E-state index in [9.17, 15) is 4.79 Å². The van der Waals surface area contributed by atoms with Gasteiger partial charge in [-0.1, -0.05) is 13.0 Å². The third-order valence-electron chi connectivity index (χ3n) is 3.55. The zero-order valence-corrected chi connectivity index (χ0v) is 13.2. The molecule has 3 nitrogen and oxygen atoms in total. The number of benzene rings is 1. The van der Waals surface area contributed by atoms with E-state index in [1.807, 2.05) is 36.9 Å². The van der Waals surface area contributed by atoms with E-state index in [-0.39, 0.29) is 18.1 Å². The minimum Gasteiger partial charge on any atom is -0.375 e. The summed E-state index contributed by atoms with van der Waals surface area (Å²) >= 11 is 3.49. The molecule has 1 fully saturated rings. The maximum absolute atomic E-state index is 12.7. The lowest BCUT2D eigenvalue weighted by Crippen LogP contribution is -2.51. The van der Waals surface area contributed by atoms with Crippen molar-refractivity contribution in [2.75, 3.05) is 13.2 Å². The van der Waals surface area contributed by atoms with Crippen LogP contribution in [0.25, 0.3) is 0 Å². The summed E-state index contributed by atoms with van der Waals surface area (Å²) in [4.78, 5) is 14.6. The van der Waals surface area contributed by atoms with Crippen LogP contribution in [0.15, 0.2) is 22.7 Å². The molecule has 0 aliphatic carbocycles. The van der Waals surface area contributed by atoms with E-state index in [1.165, 1.54) is 0 Å². The van der Waals surface area contributed by atoms with Crippen LogP contribution in [0.1, 0.15) is 36.2 Å². The van der Waals surface area contributed by atoms with E-state index in [0.29, 0.717) is 13.2 Å². The van der Waals surface area contributed by atoms with Crippen molar-refractivity contribution in [1.29, 1.82) is 0 Å². The molecule has 0 saturated carbocycles. The van der Waals surface area contributed by atoms with Crippen molar-refractivity contribution in [3.05, 3.63) is 33.8 Å². The molecule has 0 bridgehead atoms. The van der Waals surface area contributed by atoms with Crippen molar-refractivity contribution in [1.82, 2.24) is 4.90 Å². The zero-order chi connectivity index (χ0) is 14.0. The highest BCUT2D eigenvalue weighted by atomic mass is 79.9. The summed E-state index contributed by atoms with van der Waals surface area (Å²) in [7, 11) is 0. The molecule has 2 rings (SSSR count). The quantitative estimate of drug-likeness (QED) is 0.834. The van der Waals surface area contributed by atoms with Crippen LogP contribution in [-0.2, 0) is 4.74 Å². The fraction of sp³-hybridized carbons (Fsp3) is 0.533. The Morgan fingerprint density at radius 1 is 1.53 bits per heavy atom. The van der Waals surface area contributed by atoms with Crippen LogP contribution in [-0.4, -0.2) is 36.1 Å². The number of hydrogen-bond donors (Lipinski definition) is 0. The van der Waals surface area contributed by atoms with Crippen LogP contribution >= 0.6 is 15.9 Å². The van der Waals surface area contributed by atoms with Gasteiger partial charge in [-0.2, -0.15) is 0 Å². The molecule has 104 valence electrons. The minimum absolute atomic E-state index is 0.0916. The van der Waals surface area contributed by atoms with Gasteiger partial charge in [0.2, 0.25) is 0 Å². The SMILES string of the molecule is CCC1COC(C)CN1C(=O)c1ccc(C)cc1Br. The molecular formula is C15H20BrNO2. The smallest absolute Gasteiger partial charge is 0.255 e. The van der Waals surface area contributed by atoms with Crippen LogP contribution in [0.5, 0.6) is 0 Å². The Kier molecular flexibility index (Phi) is 4.63. The highest BCUT2D eigenvalue weighted by Crippen LogP contribution is 2.23. The number of ether oxygens (including phenoxy) is 1. The second-order valence-corrected chi connectivity index (χ2v) is 6.00. The average Bonchev–Trinajstić information content (AvgIpc) is 2.38. The molecule has 1 saturated heterocycles. The molecular weight excluding hydrogens is 306 g/mol. The normalized spacial score (nSPS) is 23.5. The van der Waals surface area contributed by atoms with Gasteiger partial charge in [-0.3, -0.25) is 4.79 Å². The summed E-state index contributed by atoms with van der Waals surface area (Å²) in [6.45, 7) is 7.42. The summed E-state index contributed by atoms with van der Waals surface area (Å²) in [5.41, 5.74) is 1.88. The Morgan fingerprint density at radius 2 is 2.26 bits per heavy atom. The highest BCUT2D eigenvalue weighted by molar-refractivity contribution is 9.10. The molecule has 1 aliphatic rings. The lowest BCUT2D eigenvalue weighted by atomic mass is 10.1. The average molecular weight is 326 g/mol. The first-order valence-electron chi connectivity index (χ1n) is 6.71. The van der Waals surface area contributed by atoms with E-state index in [4.69, 9.17) is 4.74 Å². The Bertz CT molecular complexity index is 475. The van der Waals surface area contributed by atoms with Crippen molar-refractivity contribution >= 4 is 21.8 Å². The van der Waals surface area contributed by atoms with E-state index in [2.05, 4.69) is 22.9 Å². The molecule has 1 heterocycles. The second-order valence-electron chi connectivity index (χ2n) is 5.15. The number of amides is 1. The monoisotopic (exact) mass is 325 g/mol. The maximum atomic E-state index is 12.7. The van der Waals surface area contributed by atoms with Crippen molar-refractivity contribution in [2.24, 2.45) is 0 Å². The van der Waals surface area contributed by atoms with Gasteiger partial charge in [-0.05, 0) is 53.9 Å². The van der Waals surface area contributed by atoms with Gasteiger partial charge in [0.15, 0.2) is 0 Å². The number of nitrogens with zero attached hydrogens (tertiary/aromatic N) is 1. The third-order valence-corrected chi connectivity index (χ3v) is 4.21. The van der Waals surface area contributed by atoms with Gasteiger partial charge in [0.25, 0.3) is 5.91 Å². The standard InChI is InChI=1S/C15H20BrNO2/c1-4-12-9-19-11(3)8-17(12)15(18)13-6-5-10(2)7-14(13)16/h5-7,11-12H,4,8-9H2,1-3H3. The Morgan fingerprint density at radius 3 is 2.89 bits per heavy atom. The van der Waals surface area contributed by atoms with Crippen LogP contribution in [0, 0.1) is 6.92 Å². The fourth-order valence-electron chi connectivity index (χ4n) is 2.38. The predicted molar refractivity (Wildman–Crippen MR) is 79.4 cm³/mol. The fourth-order valence-corrected chi connectivity index (χ4v) is 3.04. The van der Waals surface area contributed by atoms with Gasteiger partial charge in [0.1, 0.15) is 0 Å². The van der Waals surface area contributed by atoms with Crippen molar-refractivity contribution in [2.45, 2.75) is 39.3 Å². The number of halogens is 1. The minimum atomic E-state index is 0.0916. The van der Waals surface area contributed by atoms with Crippen LogP contribution in [0.3, 0.4) is 0 Å². The zero-order valence-electron chi connectivity index (χ0n) is 11.6. The second kappa shape index (κ2) is 6.06. The molecule has 1 amide bonds. The van der Waals surface area contributed by atoms with Gasteiger partial charge >= 0.3 is 0 Å². The number of aryl methyl sites for hydroxylation is 1. The first-order valence-corrected chi connectivity index (χ1v) is 7.51. The van der Waals surface area contributed by atoms with E-state index in [0.717, 1.165) is 22.0 Å². The maximum Gasteiger partial charge on any atom is 0.255 e. The topological polar surface area (TPSA) is 29.5 Å². The van der Waals surface area contributed by atoms with E-state index in [1.54, 1.807) is 0 Å². The molecule has 0 spiro atoms. The van der Waals surface area contributed by atoms with Crippen LogP contribution < -0.4 is 0 Å². The molecule has 4 heteroatoms. The lowest BCUT2D eigenvalue weighted by molar-refractivity contribution is -0.0444. The Balaban J connectivity index is 2.25. The molecule has 1 aliphatic heterocycles. The molecule has 2 atom stereocenters. The first-order chi connectivity index (χ1) is 9.02. The summed E-state index contributed by atoms with van der Waals surface area (Å²) in [6.07, 6.45) is 1.03. The van der Waals surface area contributed by atoms with Crippen molar-refractivity contribution < 1.29 is 9.53 Å². The molecule has 0 radical (unpaired) electrons. The lowest BCUT2D eigenvalue weighted by Gasteiger charge is -2.38. The molecule has 1 aromatic rings. The Labute approximate surface area is 123 Å². The summed E-state index contributed by atoms with van der Waals surface area (Å²) in [5, 5.41) is 0. The Hall–Kier alpha value is -0.870. The molecule has 19 heavy (non-hydrogen) atoms. The number of rotatable bonds is 2. The number of carbonyl (C=O) groups is 1. The predicted octanol–water partition coefficient (Wildman–Crippen LogP) is 3.40. The molecule has 1 aromatic carbocycles. The van der Waals surface area contributed by atoms with Gasteiger partial charge in [-0.25, -0.2) is 0 Å². The number of carbonyl (C=O) groups excluding carboxylic acids is 1. The van der Waals surface area contributed by atoms with Gasteiger partial charge in [0, 0.05) is 11.0 Å². The highest BCUT2D eigenvalue weighted by Gasteiger charge is 2.30. The summed E-state index contributed by atoms with van der Waals surface area (Å²) in [6, 6.07) is 6.03. The van der Waals surface area contributed by atoms with Crippen molar-refractivity contribution in [3.63, 3.8) is 0 Å². The molecule has 0 aromatic heterocycles. The number of morpholine rings is 1. The van der Waals surface area contributed by atoms with Gasteiger partial charge in [-0.15, -0.1) is 0 Å². The third kappa shape index (κ3) is 3.18. The van der Waals surface area contributed by atoms with E-state index >= 15 is 0 Å². The van der Waals surface area contributed by atoms with Crippen molar-refractivity contribution in [3.8, 4) is 0 Å². The summed E-state index contributed by atoms with van der Waals surface area (Å²) in [5.74, 6) is 0.0916. The number of hydrogen-bond acceptors (Lipinski definition) is 2. The van der Waals surface area contributed by atoms with Gasteiger partial charge in [0.05, 0.1) is 24.3 Å².